The minimum Gasteiger partial charge on any atom is -0.510 e. The molecule has 428 valence electrons. The van der Waals surface area contributed by atoms with Gasteiger partial charge in [0.15, 0.2) is 8.07 Å². The van der Waals surface area contributed by atoms with E-state index < -0.39 is 157 Å². The third-order valence-electron chi connectivity index (χ3n) is 15.4. The van der Waals surface area contributed by atoms with E-state index in [1.54, 1.807) is 57.7 Å². The van der Waals surface area contributed by atoms with E-state index in [9.17, 15) is 16.4 Å². The SMILES string of the molecule is [2H]c1c([2H])c([2H])c(-c2cnc(-n3c4[c-]c(Oc5[c-]c(-n6[c-][n+](-c7c(-c8cc(C(C)(C)C)cc(C(C)(C)C)c8)cccc7C(C)(C)C)c7ccc([Si](c8c([2H])c([2H])c([2H])c([2H])c8[2H])(c8c([2H])c([2H])c([2H])c([2H])c8[2H])c8c([2H])c([2H])c([2H])c([2H])c8[2H])cc76)ccc5)ccc4c4ccccc43)cc2C([2H])([2H])[2H])c([2H])c1[2H].[Pt]. The van der Waals surface area contributed by atoms with E-state index in [1.165, 1.54) is 24.4 Å². The second kappa shape index (κ2) is 22.6. The van der Waals surface area contributed by atoms with Crippen LogP contribution in [0.5, 0.6) is 11.5 Å². The fourth-order valence-electron chi connectivity index (χ4n) is 11.1. The maximum atomic E-state index is 9.88. The first-order valence-electron chi connectivity index (χ1n) is 39.2. The number of ether oxygens (including phenoxy) is 1. The van der Waals surface area contributed by atoms with Gasteiger partial charge >= 0.3 is 0 Å². The maximum absolute atomic E-state index is 9.88. The van der Waals surface area contributed by atoms with E-state index in [2.05, 4.69) is 99.0 Å². The summed E-state index contributed by atoms with van der Waals surface area (Å²) in [6.45, 7) is 16.2. The van der Waals surface area contributed by atoms with Gasteiger partial charge in [0, 0.05) is 54.0 Å². The van der Waals surface area contributed by atoms with Crippen LogP contribution in [0.15, 0.2) is 242 Å². The van der Waals surface area contributed by atoms with E-state index in [1.807, 2.05) is 34.9 Å². The summed E-state index contributed by atoms with van der Waals surface area (Å²) in [6, 6.07) is 24.2. The van der Waals surface area contributed by atoms with E-state index in [4.69, 9.17) is 24.8 Å². The van der Waals surface area contributed by atoms with Crippen molar-refractivity contribution in [2.45, 2.75) is 85.4 Å². The van der Waals surface area contributed by atoms with Gasteiger partial charge in [0.25, 0.3) is 6.33 Å². The molecule has 10 aromatic carbocycles. The Hall–Kier alpha value is -8.67. The third kappa shape index (κ3) is 10.5. The number of aryl methyl sites for hydroxylation is 1. The molecule has 0 aliphatic carbocycles. The minimum atomic E-state index is -5.70. The van der Waals surface area contributed by atoms with Crippen molar-refractivity contribution in [3.05, 3.63) is 283 Å². The molecule has 0 saturated heterocycles. The molecule has 0 radical (unpaired) electrons. The number of fused-ring (bicyclic) bond motifs is 4. The molecule has 0 N–H and O–H groups in total. The monoisotopic (exact) mass is 1340 g/mol. The summed E-state index contributed by atoms with van der Waals surface area (Å²) >= 11 is 0. The van der Waals surface area contributed by atoms with Crippen molar-refractivity contribution in [1.82, 2.24) is 14.1 Å². The molecule has 13 aromatic rings. The number of rotatable bonds is 11. The zero-order valence-electron chi connectivity index (χ0n) is 71.6. The van der Waals surface area contributed by atoms with Gasteiger partial charge in [-0.2, -0.15) is 18.2 Å². The number of para-hydroxylation sites is 2. The van der Waals surface area contributed by atoms with E-state index >= 15 is 0 Å². The summed E-state index contributed by atoms with van der Waals surface area (Å²) in [4.78, 5) is 4.72. The Kier molecular flexibility index (Phi) is 9.57. The number of nitrogens with zero attached hydrogens (tertiary/aromatic N) is 4. The molecular formula is C79H70N4OPtSi-2. The van der Waals surface area contributed by atoms with Gasteiger partial charge in [-0.1, -0.05) is 261 Å². The summed E-state index contributed by atoms with van der Waals surface area (Å²) in [7, 11) is -5.70. The first-order valence-corrected chi connectivity index (χ1v) is 29.7. The van der Waals surface area contributed by atoms with Gasteiger partial charge in [-0.3, -0.25) is 4.57 Å². The van der Waals surface area contributed by atoms with E-state index in [0.29, 0.717) is 33.0 Å². The van der Waals surface area contributed by atoms with Crippen LogP contribution in [0.1, 0.15) is 116 Å². The van der Waals surface area contributed by atoms with Gasteiger partial charge in [0.1, 0.15) is 5.82 Å². The van der Waals surface area contributed by atoms with Gasteiger partial charge < -0.3 is 13.9 Å². The van der Waals surface area contributed by atoms with Crippen molar-refractivity contribution in [3.8, 4) is 50.9 Å². The van der Waals surface area contributed by atoms with Crippen LogP contribution in [0.25, 0.3) is 72.3 Å². The second-order valence-electron chi connectivity index (χ2n) is 24.0. The molecule has 0 atom stereocenters. The van der Waals surface area contributed by atoms with Crippen LogP contribution in [-0.4, -0.2) is 22.2 Å². The zero-order chi connectivity index (χ0) is 78.7. The Morgan fingerprint density at radius 1 is 0.523 bits per heavy atom. The molecule has 13 rings (SSSR count). The molecule has 0 fully saturated rings. The predicted molar refractivity (Wildman–Crippen MR) is 355 cm³/mol. The number of benzene rings is 10. The van der Waals surface area contributed by atoms with Gasteiger partial charge in [-0.25, -0.2) is 4.98 Å². The first kappa shape index (κ1) is 36.3. The average molecular weight is 1340 g/mol. The standard InChI is InChI=1S/C79H70N4OSi.Pt/c1-54-45-75(80-52-69(54)55-27-15-11-16-28-55)83-71-40-24-23-37-67(71)68-43-41-61(50-73(68)83)84-60-30-25-29-59(49-60)81-53-82(76-66(38-26-39-70(76)79(8,9)10)56-46-57(77(2,3)4)48-58(47-56)78(5,6)7)72-44-42-65(51-74(72)81)85(62-31-17-12-18-32-62,63-33-19-13-20-34-63)64-35-21-14-22-36-64;/h11-48,51-52H,1-10H3;/q-2;/i1D3,11D,12D,13D,14D,15D,16D,17D,18D,19D,20D,21D,22D,27D,28D,31D,32D,33D,34D,35D,36D;. The molecule has 0 aliphatic rings. The largest absolute Gasteiger partial charge is 0.510 e. The fourth-order valence-corrected chi connectivity index (χ4v) is 14.9. The van der Waals surface area contributed by atoms with Crippen LogP contribution >= 0.6 is 0 Å². The van der Waals surface area contributed by atoms with Gasteiger partial charge in [-0.15, -0.1) is 29.7 Å². The van der Waals surface area contributed by atoms with Crippen LogP contribution in [-0.2, 0) is 37.3 Å². The summed E-state index contributed by atoms with van der Waals surface area (Å²) < 4.78 is 222. The number of pyridine rings is 1. The number of imidazole rings is 1. The van der Waals surface area contributed by atoms with Crippen molar-refractivity contribution < 1.29 is 61.9 Å². The summed E-state index contributed by atoms with van der Waals surface area (Å²) in [5.74, 6) is 0.283. The third-order valence-corrected chi connectivity index (χ3v) is 19.6. The number of aromatic nitrogens is 4. The van der Waals surface area contributed by atoms with Crippen molar-refractivity contribution in [2.24, 2.45) is 0 Å². The van der Waals surface area contributed by atoms with E-state index in [-0.39, 0.29) is 82.3 Å². The fraction of sp³-hybridized carbons (Fsp3) is 0.165. The molecule has 0 amide bonds. The van der Waals surface area contributed by atoms with Crippen LogP contribution in [0, 0.1) is 25.3 Å². The molecule has 3 aromatic heterocycles. The Balaban J connectivity index is 0.0000111. The normalized spacial score (nSPS) is 16.1. The molecule has 3 heterocycles. The summed E-state index contributed by atoms with van der Waals surface area (Å²) in [5.41, 5.74) is 4.77. The summed E-state index contributed by atoms with van der Waals surface area (Å²) in [6.07, 6.45) is 4.84. The molecule has 0 aliphatic heterocycles. The second-order valence-corrected chi connectivity index (χ2v) is 27.6. The maximum Gasteiger partial charge on any atom is 0.268 e. The quantitative estimate of drug-likeness (QED) is 0.0560. The zero-order valence-corrected chi connectivity index (χ0v) is 51.8. The van der Waals surface area contributed by atoms with Crippen molar-refractivity contribution >= 4 is 61.7 Å². The molecule has 86 heavy (non-hydrogen) atoms. The number of hydrogen-bond acceptors (Lipinski definition) is 2. The average Bonchev–Trinajstić information content (AvgIpc) is 0.937. The molecule has 0 saturated carbocycles. The van der Waals surface area contributed by atoms with Gasteiger partial charge in [0.2, 0.25) is 0 Å². The van der Waals surface area contributed by atoms with Crippen LogP contribution in [0.2, 0.25) is 0 Å². The van der Waals surface area contributed by atoms with Gasteiger partial charge in [0.05, 0.1) is 44.1 Å². The Morgan fingerprint density at radius 2 is 1.13 bits per heavy atom. The molecule has 0 unspecified atom stereocenters. The van der Waals surface area contributed by atoms with Crippen molar-refractivity contribution in [1.29, 1.82) is 0 Å². The molecule has 0 spiro atoms. The van der Waals surface area contributed by atoms with Crippen molar-refractivity contribution in [2.75, 3.05) is 0 Å². The van der Waals surface area contributed by atoms with Crippen LogP contribution in [0.4, 0.5) is 0 Å². The topological polar surface area (TPSA) is 35.9 Å². The van der Waals surface area contributed by atoms with Crippen LogP contribution < -0.4 is 30.1 Å². The number of hydrogen-bond donors (Lipinski definition) is 0. The van der Waals surface area contributed by atoms with E-state index in [0.717, 1.165) is 27.8 Å². The van der Waals surface area contributed by atoms with Crippen molar-refractivity contribution in [3.63, 3.8) is 0 Å². The minimum absolute atomic E-state index is 0. The predicted octanol–water partition coefficient (Wildman–Crippen LogP) is 16.5. The Labute approximate surface area is 554 Å². The molecule has 7 heteroatoms. The van der Waals surface area contributed by atoms with Crippen LogP contribution in [0.3, 0.4) is 0 Å². The molecular weight excluding hydrogens is 1240 g/mol. The smallest absolute Gasteiger partial charge is 0.268 e. The molecule has 5 nitrogen and oxygen atoms in total. The summed E-state index contributed by atoms with van der Waals surface area (Å²) in [5, 5.41) is -0.785. The molecule has 0 bridgehead atoms. The first-order chi connectivity index (χ1) is 50.4. The Morgan fingerprint density at radius 3 is 1.74 bits per heavy atom. The van der Waals surface area contributed by atoms with Gasteiger partial charge in [-0.05, 0) is 106 Å². The Bertz CT molecular complexity index is 5690.